The van der Waals surface area contributed by atoms with Gasteiger partial charge >= 0.3 is 0 Å². The zero-order valence-corrected chi connectivity index (χ0v) is 12.4. The molecule has 0 saturated heterocycles. The lowest BCUT2D eigenvalue weighted by Crippen LogP contribution is -2.20. The molecule has 1 heterocycles. The molecule has 108 valence electrons. The van der Waals surface area contributed by atoms with Gasteiger partial charge in [-0.2, -0.15) is 0 Å². The molecule has 1 atom stereocenters. The molecular formula is C17H16ClNO2. The summed E-state index contributed by atoms with van der Waals surface area (Å²) in [5.41, 5.74) is 4.59. The fourth-order valence-electron chi connectivity index (χ4n) is 2.71. The number of carbonyl (C=O) groups is 1. The van der Waals surface area contributed by atoms with Crippen molar-refractivity contribution in [3.8, 4) is 0 Å². The number of aryl methyl sites for hydroxylation is 2. The number of hydrogen-bond donors (Lipinski definition) is 2. The van der Waals surface area contributed by atoms with E-state index in [0.29, 0.717) is 17.9 Å². The number of carbonyl (C=O) groups excluding carboxylic acids is 1. The second-order valence-corrected chi connectivity index (χ2v) is 5.81. The zero-order chi connectivity index (χ0) is 15.0. The third kappa shape index (κ3) is 2.80. The molecule has 3 rings (SSSR count). The minimum atomic E-state index is -0.691. The molecule has 0 aliphatic carbocycles. The Hall–Kier alpha value is -1.84. The van der Waals surface area contributed by atoms with Gasteiger partial charge in [0, 0.05) is 17.1 Å². The number of nitrogens with one attached hydrogen (secondary N) is 1. The van der Waals surface area contributed by atoms with Gasteiger partial charge in [-0.3, -0.25) is 4.79 Å². The second-order valence-electron chi connectivity index (χ2n) is 5.37. The zero-order valence-electron chi connectivity index (χ0n) is 11.7. The van der Waals surface area contributed by atoms with Crippen molar-refractivity contribution in [2.45, 2.75) is 25.9 Å². The minimum Gasteiger partial charge on any atom is -0.384 e. The van der Waals surface area contributed by atoms with Crippen LogP contribution >= 0.6 is 11.6 Å². The van der Waals surface area contributed by atoms with Crippen LogP contribution in [-0.4, -0.2) is 11.0 Å². The molecule has 4 heteroatoms. The van der Waals surface area contributed by atoms with Crippen LogP contribution in [0.5, 0.6) is 0 Å². The van der Waals surface area contributed by atoms with Crippen molar-refractivity contribution in [2.24, 2.45) is 0 Å². The first-order valence-corrected chi connectivity index (χ1v) is 7.29. The van der Waals surface area contributed by atoms with Gasteiger partial charge in [-0.05, 0) is 47.7 Å². The van der Waals surface area contributed by atoms with Crippen LogP contribution in [0.25, 0.3) is 0 Å². The maximum atomic E-state index is 11.5. The van der Waals surface area contributed by atoms with Gasteiger partial charge in [0.2, 0.25) is 5.91 Å². The molecule has 21 heavy (non-hydrogen) atoms. The van der Waals surface area contributed by atoms with Crippen LogP contribution in [0.2, 0.25) is 5.02 Å². The number of hydrogen-bond acceptors (Lipinski definition) is 2. The summed E-state index contributed by atoms with van der Waals surface area (Å²) in [6.07, 6.45) is 0.514. The van der Waals surface area contributed by atoms with E-state index in [0.717, 1.165) is 27.9 Å². The highest BCUT2D eigenvalue weighted by Gasteiger charge is 2.20. The SMILES string of the molecule is Cc1cc(C(O)c2ccc(Cl)cc2)cc2c1NC(=O)CC2. The Morgan fingerprint density at radius 1 is 1.14 bits per heavy atom. The van der Waals surface area contributed by atoms with E-state index in [9.17, 15) is 9.90 Å². The molecule has 1 aliphatic rings. The summed E-state index contributed by atoms with van der Waals surface area (Å²) in [5, 5.41) is 14.1. The minimum absolute atomic E-state index is 0.0524. The number of fused-ring (bicyclic) bond motifs is 1. The van der Waals surface area contributed by atoms with Gasteiger partial charge < -0.3 is 10.4 Å². The van der Waals surface area contributed by atoms with Crippen molar-refractivity contribution in [3.63, 3.8) is 0 Å². The molecule has 0 saturated carbocycles. The average Bonchev–Trinajstić information content (AvgIpc) is 2.48. The molecule has 1 aliphatic heterocycles. The third-order valence-corrected chi connectivity index (χ3v) is 4.08. The summed E-state index contributed by atoms with van der Waals surface area (Å²) in [6, 6.07) is 11.1. The number of anilines is 1. The Labute approximate surface area is 128 Å². The van der Waals surface area contributed by atoms with E-state index in [4.69, 9.17) is 11.6 Å². The molecule has 0 bridgehead atoms. The van der Waals surface area contributed by atoms with Gasteiger partial charge in [0.1, 0.15) is 6.10 Å². The van der Waals surface area contributed by atoms with Gasteiger partial charge in [-0.25, -0.2) is 0 Å². The van der Waals surface area contributed by atoms with Crippen molar-refractivity contribution < 1.29 is 9.90 Å². The van der Waals surface area contributed by atoms with E-state index in [1.807, 2.05) is 31.2 Å². The van der Waals surface area contributed by atoms with Crippen molar-refractivity contribution in [2.75, 3.05) is 5.32 Å². The highest BCUT2D eigenvalue weighted by molar-refractivity contribution is 6.30. The highest BCUT2D eigenvalue weighted by Crippen LogP contribution is 2.32. The molecule has 1 unspecified atom stereocenters. The van der Waals surface area contributed by atoms with Gasteiger partial charge in [-0.1, -0.05) is 35.9 Å². The lowest BCUT2D eigenvalue weighted by Gasteiger charge is -2.22. The summed E-state index contributed by atoms with van der Waals surface area (Å²) in [7, 11) is 0. The van der Waals surface area contributed by atoms with Gasteiger partial charge in [-0.15, -0.1) is 0 Å². The molecule has 2 aromatic rings. The van der Waals surface area contributed by atoms with Crippen LogP contribution in [0.15, 0.2) is 36.4 Å². The monoisotopic (exact) mass is 301 g/mol. The van der Waals surface area contributed by atoms with Gasteiger partial charge in [0.05, 0.1) is 0 Å². The van der Waals surface area contributed by atoms with Crippen molar-refractivity contribution >= 4 is 23.2 Å². The second kappa shape index (κ2) is 5.51. The molecule has 2 aromatic carbocycles. The first kappa shape index (κ1) is 14.1. The van der Waals surface area contributed by atoms with Gasteiger partial charge in [0.25, 0.3) is 0 Å². The fourth-order valence-corrected chi connectivity index (χ4v) is 2.84. The summed E-state index contributed by atoms with van der Waals surface area (Å²) in [4.78, 5) is 11.5. The van der Waals surface area contributed by atoms with E-state index in [-0.39, 0.29) is 5.91 Å². The standard InChI is InChI=1S/C17H16ClNO2/c1-10-8-13(9-12-4-7-15(20)19-16(10)12)17(21)11-2-5-14(18)6-3-11/h2-3,5-6,8-9,17,21H,4,7H2,1H3,(H,19,20). The summed E-state index contributed by atoms with van der Waals surface area (Å²) >= 11 is 5.87. The predicted octanol–water partition coefficient (Wildman–Crippen LogP) is 3.61. The Morgan fingerprint density at radius 3 is 2.57 bits per heavy atom. The lowest BCUT2D eigenvalue weighted by molar-refractivity contribution is -0.116. The van der Waals surface area contributed by atoms with Crippen LogP contribution in [-0.2, 0) is 11.2 Å². The quantitative estimate of drug-likeness (QED) is 0.890. The molecule has 3 nitrogen and oxygen atoms in total. The highest BCUT2D eigenvalue weighted by atomic mass is 35.5. The van der Waals surface area contributed by atoms with E-state index in [2.05, 4.69) is 5.32 Å². The number of aliphatic hydroxyl groups excluding tert-OH is 1. The Morgan fingerprint density at radius 2 is 1.86 bits per heavy atom. The maximum Gasteiger partial charge on any atom is 0.224 e. The molecule has 1 amide bonds. The molecular weight excluding hydrogens is 286 g/mol. The van der Waals surface area contributed by atoms with Crippen LogP contribution in [0.3, 0.4) is 0 Å². The number of benzene rings is 2. The first-order valence-electron chi connectivity index (χ1n) is 6.91. The van der Waals surface area contributed by atoms with E-state index in [1.165, 1.54) is 0 Å². The lowest BCUT2D eigenvalue weighted by atomic mass is 9.92. The topological polar surface area (TPSA) is 49.3 Å². The summed E-state index contributed by atoms with van der Waals surface area (Å²) < 4.78 is 0. The van der Waals surface area contributed by atoms with E-state index in [1.54, 1.807) is 12.1 Å². The average molecular weight is 302 g/mol. The number of aliphatic hydroxyl groups is 1. The number of halogens is 1. The van der Waals surface area contributed by atoms with E-state index < -0.39 is 6.10 Å². The van der Waals surface area contributed by atoms with Crippen molar-refractivity contribution in [1.82, 2.24) is 0 Å². The molecule has 0 fully saturated rings. The number of amides is 1. The Bertz CT molecular complexity index is 695. The smallest absolute Gasteiger partial charge is 0.224 e. The molecule has 0 radical (unpaired) electrons. The predicted molar refractivity (Wildman–Crippen MR) is 83.6 cm³/mol. The molecule has 2 N–H and O–H groups in total. The molecule has 0 spiro atoms. The maximum absolute atomic E-state index is 11.5. The fraction of sp³-hybridized carbons (Fsp3) is 0.235. The van der Waals surface area contributed by atoms with Gasteiger partial charge in [0.15, 0.2) is 0 Å². The van der Waals surface area contributed by atoms with E-state index >= 15 is 0 Å². The largest absolute Gasteiger partial charge is 0.384 e. The van der Waals surface area contributed by atoms with Crippen LogP contribution in [0.4, 0.5) is 5.69 Å². The summed E-state index contributed by atoms with van der Waals surface area (Å²) in [5.74, 6) is 0.0524. The normalized spacial score (nSPS) is 15.3. The first-order chi connectivity index (χ1) is 10.0. The van der Waals surface area contributed by atoms with Crippen molar-refractivity contribution in [3.05, 3.63) is 63.7 Å². The third-order valence-electron chi connectivity index (χ3n) is 3.83. The summed E-state index contributed by atoms with van der Waals surface area (Å²) in [6.45, 7) is 1.95. The van der Waals surface area contributed by atoms with Crippen LogP contribution in [0.1, 0.15) is 34.8 Å². The Balaban J connectivity index is 1.97. The van der Waals surface area contributed by atoms with Crippen LogP contribution < -0.4 is 5.32 Å². The van der Waals surface area contributed by atoms with Crippen LogP contribution in [0, 0.1) is 6.92 Å². The number of rotatable bonds is 2. The van der Waals surface area contributed by atoms with Crippen molar-refractivity contribution in [1.29, 1.82) is 0 Å². The molecule has 0 aromatic heterocycles. The Kier molecular flexibility index (Phi) is 3.70.